The van der Waals surface area contributed by atoms with Gasteiger partial charge in [-0.1, -0.05) is 52.4 Å². The zero-order chi connectivity index (χ0) is 13.8. The summed E-state index contributed by atoms with van der Waals surface area (Å²) in [5.41, 5.74) is 0.435. The predicted octanol–water partition coefficient (Wildman–Crippen LogP) is 3.88. The van der Waals surface area contributed by atoms with Gasteiger partial charge in [0.1, 0.15) is 5.01 Å². The highest BCUT2D eigenvalue weighted by Gasteiger charge is 2.11. The molecule has 1 amide bonds. The fraction of sp³-hybridized carbons (Fsp3) is 0.182. The minimum atomic E-state index is -0.187. The van der Waals surface area contributed by atoms with Crippen molar-refractivity contribution in [1.82, 2.24) is 10.2 Å². The third-order valence-corrected chi connectivity index (χ3v) is 4.66. The van der Waals surface area contributed by atoms with Crippen LogP contribution in [0.2, 0.25) is 10.0 Å². The Morgan fingerprint density at radius 1 is 1.37 bits per heavy atom. The molecule has 2 aromatic rings. The first kappa shape index (κ1) is 14.6. The maximum absolute atomic E-state index is 11.8. The molecule has 0 aliphatic rings. The van der Waals surface area contributed by atoms with Crippen molar-refractivity contribution < 1.29 is 4.79 Å². The zero-order valence-corrected chi connectivity index (χ0v) is 13.0. The second-order valence-electron chi connectivity index (χ2n) is 3.52. The van der Waals surface area contributed by atoms with Gasteiger partial charge in [-0.15, -0.1) is 10.2 Å². The van der Waals surface area contributed by atoms with E-state index in [1.807, 2.05) is 6.92 Å². The van der Waals surface area contributed by atoms with Crippen LogP contribution in [0.5, 0.6) is 0 Å². The molecule has 2 rings (SSSR count). The molecule has 4 nitrogen and oxygen atoms in total. The van der Waals surface area contributed by atoms with Crippen molar-refractivity contribution in [3.05, 3.63) is 33.3 Å². The summed E-state index contributed by atoms with van der Waals surface area (Å²) in [6.07, 6.45) is 0. The minimum Gasteiger partial charge on any atom is -0.323 e. The van der Waals surface area contributed by atoms with Gasteiger partial charge in [-0.3, -0.25) is 4.79 Å². The largest absolute Gasteiger partial charge is 0.323 e. The zero-order valence-electron chi connectivity index (χ0n) is 9.81. The highest BCUT2D eigenvalue weighted by molar-refractivity contribution is 8.01. The number of amides is 1. The molecule has 1 N–H and O–H groups in total. The number of aromatic nitrogens is 2. The van der Waals surface area contributed by atoms with Crippen LogP contribution >= 0.6 is 46.3 Å². The predicted molar refractivity (Wildman–Crippen MR) is 80.5 cm³/mol. The van der Waals surface area contributed by atoms with Crippen molar-refractivity contribution in [1.29, 1.82) is 0 Å². The Hall–Kier alpha value is -0.820. The van der Waals surface area contributed by atoms with Crippen molar-refractivity contribution in [3.8, 4) is 0 Å². The van der Waals surface area contributed by atoms with Gasteiger partial charge in [0.05, 0.1) is 21.5 Å². The normalized spacial score (nSPS) is 10.5. The number of carbonyl (C=O) groups is 1. The average molecular weight is 334 g/mol. The van der Waals surface area contributed by atoms with Crippen LogP contribution in [0.15, 0.2) is 22.5 Å². The summed E-state index contributed by atoms with van der Waals surface area (Å²) in [4.78, 5) is 11.8. The fourth-order valence-electron chi connectivity index (χ4n) is 1.26. The molecule has 0 unspecified atom stereocenters. The summed E-state index contributed by atoms with van der Waals surface area (Å²) in [6.45, 7) is 1.87. The van der Waals surface area contributed by atoms with Gasteiger partial charge in [-0.2, -0.15) is 0 Å². The Morgan fingerprint density at radius 3 is 2.63 bits per heavy atom. The van der Waals surface area contributed by atoms with Gasteiger partial charge in [-0.25, -0.2) is 0 Å². The van der Waals surface area contributed by atoms with E-state index in [1.54, 1.807) is 18.2 Å². The molecule has 1 aromatic heterocycles. The number of aryl methyl sites for hydroxylation is 1. The highest BCUT2D eigenvalue weighted by atomic mass is 35.5. The topological polar surface area (TPSA) is 54.9 Å². The van der Waals surface area contributed by atoms with Gasteiger partial charge in [0, 0.05) is 0 Å². The van der Waals surface area contributed by atoms with E-state index in [1.165, 1.54) is 23.1 Å². The van der Waals surface area contributed by atoms with Gasteiger partial charge in [0.25, 0.3) is 0 Å². The van der Waals surface area contributed by atoms with Gasteiger partial charge in [0.2, 0.25) is 5.91 Å². The molecule has 1 aromatic carbocycles. The number of hydrogen-bond donors (Lipinski definition) is 1. The number of halogens is 2. The molecule has 0 bridgehead atoms. The first-order chi connectivity index (χ1) is 9.06. The number of para-hydroxylation sites is 1. The first-order valence-corrected chi connectivity index (χ1v) is 7.79. The lowest BCUT2D eigenvalue weighted by molar-refractivity contribution is -0.113. The highest BCUT2D eigenvalue weighted by Crippen LogP contribution is 2.30. The van der Waals surface area contributed by atoms with E-state index in [4.69, 9.17) is 23.2 Å². The number of rotatable bonds is 4. The number of nitrogens with one attached hydrogen (secondary N) is 1. The number of anilines is 1. The summed E-state index contributed by atoms with van der Waals surface area (Å²) in [5.74, 6) is 0.0452. The summed E-state index contributed by atoms with van der Waals surface area (Å²) in [6, 6.07) is 5.06. The van der Waals surface area contributed by atoms with E-state index in [0.717, 1.165) is 9.35 Å². The molecule has 0 saturated heterocycles. The minimum absolute atomic E-state index is 0.187. The lowest BCUT2D eigenvalue weighted by Gasteiger charge is -2.08. The lowest BCUT2D eigenvalue weighted by Crippen LogP contribution is -2.14. The lowest BCUT2D eigenvalue weighted by atomic mass is 10.3. The van der Waals surface area contributed by atoms with Crippen LogP contribution in [0.1, 0.15) is 5.01 Å². The number of benzene rings is 1. The van der Waals surface area contributed by atoms with E-state index in [-0.39, 0.29) is 11.7 Å². The molecule has 0 saturated carbocycles. The van der Waals surface area contributed by atoms with Gasteiger partial charge >= 0.3 is 0 Å². The van der Waals surface area contributed by atoms with Crippen LogP contribution in [0, 0.1) is 6.92 Å². The number of nitrogens with zero attached hydrogens (tertiary/aromatic N) is 2. The second kappa shape index (κ2) is 6.56. The van der Waals surface area contributed by atoms with Crippen LogP contribution in [-0.4, -0.2) is 21.9 Å². The molecule has 19 heavy (non-hydrogen) atoms. The quantitative estimate of drug-likeness (QED) is 0.862. The van der Waals surface area contributed by atoms with Crippen molar-refractivity contribution in [3.63, 3.8) is 0 Å². The summed E-state index contributed by atoms with van der Waals surface area (Å²) >= 11 is 14.7. The van der Waals surface area contributed by atoms with Crippen LogP contribution in [0.25, 0.3) is 0 Å². The Balaban J connectivity index is 1.94. The molecule has 0 aliphatic heterocycles. The maximum Gasteiger partial charge on any atom is 0.234 e. The van der Waals surface area contributed by atoms with Gasteiger partial charge < -0.3 is 5.32 Å². The van der Waals surface area contributed by atoms with E-state index in [9.17, 15) is 4.79 Å². The molecule has 0 radical (unpaired) electrons. The number of carbonyl (C=O) groups excluding carboxylic acids is 1. The molecule has 8 heteroatoms. The Kier molecular flexibility index (Phi) is 5.04. The van der Waals surface area contributed by atoms with E-state index < -0.39 is 0 Å². The van der Waals surface area contributed by atoms with Crippen LogP contribution in [0.3, 0.4) is 0 Å². The summed E-state index contributed by atoms with van der Waals surface area (Å²) in [5, 5.41) is 12.2. The molecule has 0 atom stereocenters. The molecule has 100 valence electrons. The van der Waals surface area contributed by atoms with Gasteiger partial charge in [0.15, 0.2) is 4.34 Å². The fourth-order valence-corrected chi connectivity index (χ4v) is 3.36. The third kappa shape index (κ3) is 4.07. The molecule has 0 fully saturated rings. The Morgan fingerprint density at radius 2 is 2.05 bits per heavy atom. The van der Waals surface area contributed by atoms with Crippen molar-refractivity contribution >= 4 is 57.9 Å². The molecular formula is C11H9Cl2N3OS2. The smallest absolute Gasteiger partial charge is 0.234 e. The van der Waals surface area contributed by atoms with E-state index >= 15 is 0 Å². The molecule has 0 spiro atoms. The van der Waals surface area contributed by atoms with Crippen LogP contribution in [0.4, 0.5) is 5.69 Å². The monoisotopic (exact) mass is 333 g/mol. The van der Waals surface area contributed by atoms with Crippen LogP contribution < -0.4 is 5.32 Å². The number of hydrogen-bond acceptors (Lipinski definition) is 5. The standard InChI is InChI=1S/C11H9Cl2N3OS2/c1-6-15-16-11(19-6)18-5-9(17)14-10-7(12)3-2-4-8(10)13/h2-4H,5H2,1H3,(H,14,17). The van der Waals surface area contributed by atoms with Crippen molar-refractivity contribution in [2.24, 2.45) is 0 Å². The first-order valence-electron chi connectivity index (χ1n) is 5.23. The van der Waals surface area contributed by atoms with Crippen molar-refractivity contribution in [2.75, 3.05) is 11.1 Å². The van der Waals surface area contributed by atoms with Crippen molar-refractivity contribution in [2.45, 2.75) is 11.3 Å². The molecule has 1 heterocycles. The Labute approximate surface area is 128 Å². The molecular weight excluding hydrogens is 325 g/mol. The van der Waals surface area contributed by atoms with Crippen LogP contribution in [-0.2, 0) is 4.79 Å². The van der Waals surface area contributed by atoms with Gasteiger partial charge in [-0.05, 0) is 19.1 Å². The SMILES string of the molecule is Cc1nnc(SCC(=O)Nc2c(Cl)cccc2Cl)s1. The summed E-state index contributed by atoms with van der Waals surface area (Å²) < 4.78 is 0.762. The third-order valence-electron chi connectivity index (χ3n) is 2.06. The molecule has 0 aliphatic carbocycles. The average Bonchev–Trinajstić information content (AvgIpc) is 2.77. The van der Waals surface area contributed by atoms with E-state index in [2.05, 4.69) is 15.5 Å². The second-order valence-corrected chi connectivity index (χ2v) is 6.74. The summed E-state index contributed by atoms with van der Waals surface area (Å²) in [7, 11) is 0. The Bertz CT molecular complexity index is 583. The van der Waals surface area contributed by atoms with E-state index in [0.29, 0.717) is 15.7 Å². The number of thioether (sulfide) groups is 1. The maximum atomic E-state index is 11.8.